The molecule has 118 valence electrons. The molecule has 2 aliphatic carbocycles. The van der Waals surface area contributed by atoms with Gasteiger partial charge in [0.1, 0.15) is 0 Å². The van der Waals surface area contributed by atoms with Gasteiger partial charge < -0.3 is 10.6 Å². The van der Waals surface area contributed by atoms with Crippen LogP contribution in [0.4, 0.5) is 0 Å². The van der Waals surface area contributed by atoms with Gasteiger partial charge in [0.05, 0.1) is 0 Å². The normalized spacial score (nSPS) is 28.4. The number of nitrogens with zero attached hydrogens (tertiary/aromatic N) is 1. The van der Waals surface area contributed by atoms with E-state index in [2.05, 4.69) is 15.6 Å². The Morgan fingerprint density at radius 3 is 2.65 bits per heavy atom. The van der Waals surface area contributed by atoms with E-state index < -0.39 is 10.8 Å². The highest BCUT2D eigenvalue weighted by molar-refractivity contribution is 14.0. The molecule has 0 amide bonds. The third-order valence-corrected chi connectivity index (χ3v) is 5.84. The molecular formula is C14H28IN3OS. The average Bonchev–Trinajstić information content (AvgIpc) is 3.27. The Morgan fingerprint density at radius 2 is 2.05 bits per heavy atom. The van der Waals surface area contributed by atoms with Crippen LogP contribution in [0.15, 0.2) is 4.99 Å². The highest BCUT2D eigenvalue weighted by Gasteiger charge is 2.26. The van der Waals surface area contributed by atoms with Crippen molar-refractivity contribution in [3.63, 3.8) is 0 Å². The monoisotopic (exact) mass is 413 g/mol. The summed E-state index contributed by atoms with van der Waals surface area (Å²) in [4.78, 5) is 4.29. The van der Waals surface area contributed by atoms with Crippen molar-refractivity contribution in [1.29, 1.82) is 0 Å². The zero-order valence-corrected chi connectivity index (χ0v) is 15.7. The van der Waals surface area contributed by atoms with Crippen LogP contribution >= 0.6 is 24.0 Å². The minimum Gasteiger partial charge on any atom is -0.356 e. The number of halogens is 1. The number of hydrogen-bond acceptors (Lipinski definition) is 2. The lowest BCUT2D eigenvalue weighted by atomic mass is 9.95. The lowest BCUT2D eigenvalue weighted by molar-refractivity contribution is 0.413. The van der Waals surface area contributed by atoms with E-state index in [0.717, 1.165) is 37.0 Å². The van der Waals surface area contributed by atoms with Crippen LogP contribution in [0.5, 0.6) is 0 Å². The van der Waals surface area contributed by atoms with Crippen molar-refractivity contribution in [3.8, 4) is 0 Å². The minimum absolute atomic E-state index is 0. The van der Waals surface area contributed by atoms with Gasteiger partial charge in [-0.25, -0.2) is 0 Å². The van der Waals surface area contributed by atoms with E-state index in [4.69, 9.17) is 0 Å². The van der Waals surface area contributed by atoms with Gasteiger partial charge in [-0.05, 0) is 38.0 Å². The second-order valence-corrected chi connectivity index (χ2v) is 7.70. The summed E-state index contributed by atoms with van der Waals surface area (Å²) < 4.78 is 11.9. The third kappa shape index (κ3) is 5.87. The number of guanidine groups is 1. The zero-order valence-electron chi connectivity index (χ0n) is 12.6. The van der Waals surface area contributed by atoms with Gasteiger partial charge in [0.25, 0.3) is 0 Å². The molecule has 2 fully saturated rings. The first-order valence-corrected chi connectivity index (χ1v) is 8.95. The molecule has 0 saturated heterocycles. The molecule has 2 rings (SSSR count). The first-order chi connectivity index (χ1) is 9.22. The molecule has 0 bridgehead atoms. The van der Waals surface area contributed by atoms with Gasteiger partial charge in [-0.15, -0.1) is 24.0 Å². The smallest absolute Gasteiger partial charge is 0.191 e. The van der Waals surface area contributed by atoms with Gasteiger partial charge in [-0.1, -0.05) is 13.3 Å². The van der Waals surface area contributed by atoms with E-state index in [0.29, 0.717) is 11.3 Å². The topological polar surface area (TPSA) is 53.5 Å². The number of hydrogen-bond donors (Lipinski definition) is 2. The molecule has 0 heterocycles. The molecule has 3 atom stereocenters. The maximum absolute atomic E-state index is 11.9. The summed E-state index contributed by atoms with van der Waals surface area (Å²) in [5.74, 6) is 2.55. The fraction of sp³-hybridized carbons (Fsp3) is 0.929. The molecule has 2 saturated carbocycles. The molecule has 0 spiro atoms. The van der Waals surface area contributed by atoms with Crippen LogP contribution in [0.1, 0.15) is 45.4 Å². The molecule has 0 aromatic heterocycles. The van der Waals surface area contributed by atoms with Crippen molar-refractivity contribution < 1.29 is 4.21 Å². The SMILES string of the molecule is CCS(=O)C1CCCC(NC(=NC)NCC2CC2)C1.I. The van der Waals surface area contributed by atoms with Gasteiger partial charge in [0.15, 0.2) is 5.96 Å². The Hall–Kier alpha value is 0.150. The van der Waals surface area contributed by atoms with Crippen molar-refractivity contribution in [3.05, 3.63) is 0 Å². The van der Waals surface area contributed by atoms with Gasteiger partial charge in [0, 0.05) is 41.4 Å². The Morgan fingerprint density at radius 1 is 1.30 bits per heavy atom. The largest absolute Gasteiger partial charge is 0.356 e. The predicted molar refractivity (Wildman–Crippen MR) is 97.4 cm³/mol. The molecule has 0 aromatic rings. The van der Waals surface area contributed by atoms with Crippen molar-refractivity contribution in [1.82, 2.24) is 10.6 Å². The molecule has 4 nitrogen and oxygen atoms in total. The summed E-state index contributed by atoms with van der Waals surface area (Å²) in [5, 5.41) is 7.27. The summed E-state index contributed by atoms with van der Waals surface area (Å²) in [5.41, 5.74) is 0. The van der Waals surface area contributed by atoms with Crippen molar-refractivity contribution >= 4 is 40.7 Å². The highest BCUT2D eigenvalue weighted by Crippen LogP contribution is 2.27. The second kappa shape index (κ2) is 9.23. The number of nitrogens with one attached hydrogen (secondary N) is 2. The van der Waals surface area contributed by atoms with Gasteiger partial charge in [0.2, 0.25) is 0 Å². The molecule has 0 radical (unpaired) electrons. The van der Waals surface area contributed by atoms with Crippen molar-refractivity contribution in [2.75, 3.05) is 19.3 Å². The van der Waals surface area contributed by atoms with Gasteiger partial charge >= 0.3 is 0 Å². The standard InChI is InChI=1S/C14H27N3OS.HI/c1-3-19(18)13-6-4-5-12(9-13)17-14(15-2)16-10-11-7-8-11;/h11-13H,3-10H2,1-2H3,(H2,15,16,17);1H. The molecule has 6 heteroatoms. The summed E-state index contributed by atoms with van der Waals surface area (Å²) in [7, 11) is 1.17. The molecular weight excluding hydrogens is 385 g/mol. The van der Waals surface area contributed by atoms with E-state index in [1.165, 1.54) is 25.7 Å². The summed E-state index contributed by atoms with van der Waals surface area (Å²) in [6.07, 6.45) is 7.18. The van der Waals surface area contributed by atoms with Crippen LogP contribution in [0.3, 0.4) is 0 Å². The molecule has 3 unspecified atom stereocenters. The van der Waals surface area contributed by atoms with Crippen LogP contribution in [-0.4, -0.2) is 40.8 Å². The molecule has 2 N–H and O–H groups in total. The average molecular weight is 413 g/mol. The Balaban J connectivity index is 0.00000200. The lowest BCUT2D eigenvalue weighted by Crippen LogP contribution is -2.47. The van der Waals surface area contributed by atoms with Gasteiger partial charge in [-0.2, -0.15) is 0 Å². The minimum atomic E-state index is -0.652. The third-order valence-electron chi connectivity index (χ3n) is 4.10. The predicted octanol–water partition coefficient (Wildman–Crippen LogP) is 2.26. The van der Waals surface area contributed by atoms with Crippen molar-refractivity contribution in [2.24, 2.45) is 10.9 Å². The van der Waals surface area contributed by atoms with E-state index in [-0.39, 0.29) is 24.0 Å². The highest BCUT2D eigenvalue weighted by atomic mass is 127. The maximum Gasteiger partial charge on any atom is 0.191 e. The summed E-state index contributed by atoms with van der Waals surface area (Å²) in [6.45, 7) is 3.06. The maximum atomic E-state index is 11.9. The molecule has 0 aliphatic heterocycles. The Labute approximate surface area is 142 Å². The van der Waals surface area contributed by atoms with Crippen LogP contribution in [0.2, 0.25) is 0 Å². The lowest BCUT2D eigenvalue weighted by Gasteiger charge is -2.30. The summed E-state index contributed by atoms with van der Waals surface area (Å²) in [6, 6.07) is 0.430. The molecule has 0 aromatic carbocycles. The van der Waals surface area contributed by atoms with Crippen molar-refractivity contribution in [2.45, 2.75) is 56.7 Å². The van der Waals surface area contributed by atoms with Crippen LogP contribution in [0, 0.1) is 5.92 Å². The van der Waals surface area contributed by atoms with Gasteiger partial charge in [-0.3, -0.25) is 9.20 Å². The first-order valence-electron chi connectivity index (χ1n) is 7.57. The van der Waals surface area contributed by atoms with E-state index in [9.17, 15) is 4.21 Å². The zero-order chi connectivity index (χ0) is 13.7. The van der Waals surface area contributed by atoms with E-state index >= 15 is 0 Å². The second-order valence-electron chi connectivity index (χ2n) is 5.70. The van der Waals surface area contributed by atoms with Crippen LogP contribution in [-0.2, 0) is 10.8 Å². The number of aliphatic imine (C=N–C) groups is 1. The molecule has 2 aliphatic rings. The van der Waals surface area contributed by atoms with Crippen LogP contribution in [0.25, 0.3) is 0 Å². The van der Waals surface area contributed by atoms with E-state index in [1.54, 1.807) is 0 Å². The quantitative estimate of drug-likeness (QED) is 0.413. The number of rotatable bonds is 5. The van der Waals surface area contributed by atoms with Crippen LogP contribution < -0.4 is 10.6 Å². The Kier molecular flexibility index (Phi) is 8.39. The summed E-state index contributed by atoms with van der Waals surface area (Å²) >= 11 is 0. The fourth-order valence-electron chi connectivity index (χ4n) is 2.70. The first kappa shape index (κ1) is 18.2. The fourth-order valence-corrected chi connectivity index (χ4v) is 4.05. The molecule has 20 heavy (non-hydrogen) atoms. The van der Waals surface area contributed by atoms with E-state index in [1.807, 2.05) is 14.0 Å². The Bertz CT molecular complexity index is 347.